The number of nitro benzene ring substituents is 1. The molecule has 1 aliphatic carbocycles. The molecule has 0 aromatic heterocycles. The number of hydrogen-bond donors (Lipinski definition) is 1. The number of nitrogens with zero attached hydrogens (tertiary/aromatic N) is 1. The lowest BCUT2D eigenvalue weighted by atomic mass is 9.92. The van der Waals surface area contributed by atoms with E-state index in [4.69, 9.17) is 4.74 Å². The van der Waals surface area contributed by atoms with E-state index in [1.165, 1.54) is 18.9 Å². The number of ether oxygens (including phenoxy) is 1. The van der Waals surface area contributed by atoms with Crippen LogP contribution in [0.1, 0.15) is 31.2 Å². The SMILES string of the molecule is COC1CCCCC1Nc1cccc([N+](=O)[O-])c1C. The van der Waals surface area contributed by atoms with Gasteiger partial charge in [-0.15, -0.1) is 0 Å². The molecule has 104 valence electrons. The van der Waals surface area contributed by atoms with Crippen molar-refractivity contribution >= 4 is 11.4 Å². The quantitative estimate of drug-likeness (QED) is 0.669. The van der Waals surface area contributed by atoms with Crippen LogP contribution in [0.5, 0.6) is 0 Å². The number of methoxy groups -OCH3 is 1. The average Bonchev–Trinajstić information content (AvgIpc) is 2.41. The molecule has 2 atom stereocenters. The number of anilines is 1. The fourth-order valence-corrected chi connectivity index (χ4v) is 2.72. The van der Waals surface area contributed by atoms with Crippen molar-refractivity contribution in [2.75, 3.05) is 12.4 Å². The van der Waals surface area contributed by atoms with Crippen molar-refractivity contribution in [2.24, 2.45) is 0 Å². The Kier molecular flexibility index (Phi) is 4.37. The van der Waals surface area contributed by atoms with Gasteiger partial charge in [0.1, 0.15) is 0 Å². The second-order valence-corrected chi connectivity index (χ2v) is 5.02. The number of nitro groups is 1. The first-order valence-corrected chi connectivity index (χ1v) is 6.67. The summed E-state index contributed by atoms with van der Waals surface area (Å²) in [5.74, 6) is 0. The fourth-order valence-electron chi connectivity index (χ4n) is 2.72. The van der Waals surface area contributed by atoms with Crippen LogP contribution in [-0.2, 0) is 4.74 Å². The summed E-state index contributed by atoms with van der Waals surface area (Å²) in [5.41, 5.74) is 1.69. The van der Waals surface area contributed by atoms with Crippen molar-refractivity contribution in [3.05, 3.63) is 33.9 Å². The van der Waals surface area contributed by atoms with Crippen molar-refractivity contribution in [1.29, 1.82) is 0 Å². The topological polar surface area (TPSA) is 64.4 Å². The number of nitrogens with one attached hydrogen (secondary N) is 1. The molecule has 0 bridgehead atoms. The maximum atomic E-state index is 10.9. The molecule has 19 heavy (non-hydrogen) atoms. The van der Waals surface area contributed by atoms with Gasteiger partial charge in [-0.1, -0.05) is 18.9 Å². The maximum absolute atomic E-state index is 10.9. The normalized spacial score (nSPS) is 23.1. The Labute approximate surface area is 113 Å². The van der Waals surface area contributed by atoms with E-state index in [-0.39, 0.29) is 22.8 Å². The first-order chi connectivity index (χ1) is 9.13. The zero-order valence-corrected chi connectivity index (χ0v) is 11.4. The van der Waals surface area contributed by atoms with Gasteiger partial charge in [-0.2, -0.15) is 0 Å². The van der Waals surface area contributed by atoms with Crippen LogP contribution >= 0.6 is 0 Å². The molecule has 0 amide bonds. The van der Waals surface area contributed by atoms with Gasteiger partial charge in [0.25, 0.3) is 5.69 Å². The third-order valence-corrected chi connectivity index (χ3v) is 3.85. The predicted molar refractivity (Wildman–Crippen MR) is 74.5 cm³/mol. The van der Waals surface area contributed by atoms with Gasteiger partial charge in [0.05, 0.1) is 17.1 Å². The molecule has 5 heteroatoms. The predicted octanol–water partition coefficient (Wildman–Crippen LogP) is 3.27. The van der Waals surface area contributed by atoms with Crippen molar-refractivity contribution in [3.63, 3.8) is 0 Å². The monoisotopic (exact) mass is 264 g/mol. The van der Waals surface area contributed by atoms with Crippen LogP contribution in [-0.4, -0.2) is 24.2 Å². The summed E-state index contributed by atoms with van der Waals surface area (Å²) in [7, 11) is 1.73. The van der Waals surface area contributed by atoms with Crippen molar-refractivity contribution < 1.29 is 9.66 Å². The van der Waals surface area contributed by atoms with Crippen LogP contribution in [0.2, 0.25) is 0 Å². The number of hydrogen-bond acceptors (Lipinski definition) is 4. The smallest absolute Gasteiger partial charge is 0.274 e. The molecule has 1 aromatic rings. The molecule has 0 spiro atoms. The van der Waals surface area contributed by atoms with E-state index in [1.807, 2.05) is 6.07 Å². The van der Waals surface area contributed by atoms with E-state index in [0.717, 1.165) is 18.5 Å². The molecule has 0 heterocycles. The standard InChI is InChI=1S/C14H20N2O3/c1-10-11(7-5-8-13(10)16(17)18)15-12-6-3-4-9-14(12)19-2/h5,7-8,12,14-15H,3-4,6,9H2,1-2H3. The molecule has 0 radical (unpaired) electrons. The van der Waals surface area contributed by atoms with Crippen LogP contribution in [0.3, 0.4) is 0 Å². The van der Waals surface area contributed by atoms with Gasteiger partial charge < -0.3 is 10.1 Å². The van der Waals surface area contributed by atoms with Gasteiger partial charge in [0.2, 0.25) is 0 Å². The Morgan fingerprint density at radius 1 is 1.37 bits per heavy atom. The average molecular weight is 264 g/mol. The van der Waals surface area contributed by atoms with Gasteiger partial charge >= 0.3 is 0 Å². The minimum absolute atomic E-state index is 0.162. The molecule has 1 N–H and O–H groups in total. The minimum Gasteiger partial charge on any atom is -0.379 e. The maximum Gasteiger partial charge on any atom is 0.274 e. The largest absolute Gasteiger partial charge is 0.379 e. The second kappa shape index (κ2) is 6.02. The van der Waals surface area contributed by atoms with Crippen LogP contribution in [0.4, 0.5) is 11.4 Å². The van der Waals surface area contributed by atoms with Crippen LogP contribution in [0.15, 0.2) is 18.2 Å². The minimum atomic E-state index is -0.338. The Hall–Kier alpha value is -1.62. The first kappa shape index (κ1) is 13.8. The number of rotatable bonds is 4. The third-order valence-electron chi connectivity index (χ3n) is 3.85. The molecule has 1 aliphatic rings. The van der Waals surface area contributed by atoms with Crippen molar-refractivity contribution in [3.8, 4) is 0 Å². The molecule has 1 fully saturated rings. The third kappa shape index (κ3) is 3.04. The van der Waals surface area contributed by atoms with Crippen LogP contribution in [0, 0.1) is 17.0 Å². The van der Waals surface area contributed by atoms with Gasteiger partial charge in [-0.25, -0.2) is 0 Å². The molecule has 2 rings (SSSR count). The molecule has 1 aromatic carbocycles. The highest BCUT2D eigenvalue weighted by molar-refractivity contribution is 5.60. The number of benzene rings is 1. The summed E-state index contributed by atoms with van der Waals surface area (Å²) in [4.78, 5) is 10.6. The van der Waals surface area contributed by atoms with E-state index < -0.39 is 0 Å². The molecule has 0 saturated heterocycles. The second-order valence-electron chi connectivity index (χ2n) is 5.02. The zero-order chi connectivity index (χ0) is 13.8. The van der Waals surface area contributed by atoms with Crippen molar-refractivity contribution in [1.82, 2.24) is 0 Å². The van der Waals surface area contributed by atoms with Crippen LogP contribution < -0.4 is 5.32 Å². The summed E-state index contributed by atoms with van der Waals surface area (Å²) in [5, 5.41) is 14.4. The Morgan fingerprint density at radius 2 is 2.11 bits per heavy atom. The van der Waals surface area contributed by atoms with Gasteiger partial charge in [0.15, 0.2) is 0 Å². The highest BCUT2D eigenvalue weighted by atomic mass is 16.6. The van der Waals surface area contributed by atoms with Gasteiger partial charge in [-0.05, 0) is 25.8 Å². The van der Waals surface area contributed by atoms with E-state index in [1.54, 1.807) is 20.1 Å². The first-order valence-electron chi connectivity index (χ1n) is 6.67. The van der Waals surface area contributed by atoms with E-state index in [9.17, 15) is 10.1 Å². The molecule has 5 nitrogen and oxygen atoms in total. The molecule has 0 aliphatic heterocycles. The lowest BCUT2D eigenvalue weighted by Crippen LogP contribution is -2.37. The van der Waals surface area contributed by atoms with E-state index in [0.29, 0.717) is 5.56 Å². The summed E-state index contributed by atoms with van der Waals surface area (Å²) in [6.07, 6.45) is 4.63. The molecular formula is C14H20N2O3. The van der Waals surface area contributed by atoms with Gasteiger partial charge in [0, 0.05) is 24.4 Å². The summed E-state index contributed by atoms with van der Waals surface area (Å²) < 4.78 is 5.50. The van der Waals surface area contributed by atoms with Gasteiger partial charge in [-0.3, -0.25) is 10.1 Å². The summed E-state index contributed by atoms with van der Waals surface area (Å²) >= 11 is 0. The Balaban J connectivity index is 2.18. The van der Waals surface area contributed by atoms with Crippen LogP contribution in [0.25, 0.3) is 0 Å². The molecule has 2 unspecified atom stereocenters. The highest BCUT2D eigenvalue weighted by Crippen LogP contribution is 2.29. The van der Waals surface area contributed by atoms with E-state index >= 15 is 0 Å². The summed E-state index contributed by atoms with van der Waals surface area (Å²) in [6, 6.07) is 5.39. The molecular weight excluding hydrogens is 244 g/mol. The highest BCUT2D eigenvalue weighted by Gasteiger charge is 2.25. The lowest BCUT2D eigenvalue weighted by molar-refractivity contribution is -0.385. The summed E-state index contributed by atoms with van der Waals surface area (Å²) in [6.45, 7) is 1.78. The Bertz CT molecular complexity index is 462. The van der Waals surface area contributed by atoms with Crippen molar-refractivity contribution in [2.45, 2.75) is 44.8 Å². The molecule has 1 saturated carbocycles. The lowest BCUT2D eigenvalue weighted by Gasteiger charge is -2.32. The Morgan fingerprint density at radius 3 is 2.79 bits per heavy atom. The zero-order valence-electron chi connectivity index (χ0n) is 11.4. The fraction of sp³-hybridized carbons (Fsp3) is 0.571. The van der Waals surface area contributed by atoms with E-state index in [2.05, 4.69) is 5.32 Å².